The summed E-state index contributed by atoms with van der Waals surface area (Å²) in [7, 11) is 0. The second-order valence-corrected chi connectivity index (χ2v) is 8.74. The predicted molar refractivity (Wildman–Crippen MR) is 122 cm³/mol. The Morgan fingerprint density at radius 3 is 2.64 bits per heavy atom. The second-order valence-electron chi connectivity index (χ2n) is 7.73. The highest BCUT2D eigenvalue weighted by atomic mass is 32.2. The molecule has 4 atom stereocenters. The van der Waals surface area contributed by atoms with Crippen LogP contribution < -0.4 is 5.73 Å². The van der Waals surface area contributed by atoms with Gasteiger partial charge in [0.15, 0.2) is 17.7 Å². The summed E-state index contributed by atoms with van der Waals surface area (Å²) < 4.78 is 7.59. The molecular formula is C22H23N7O3S. The number of imidazole rings is 1. The van der Waals surface area contributed by atoms with Crippen LogP contribution in [-0.4, -0.2) is 63.8 Å². The molecule has 170 valence electrons. The lowest BCUT2D eigenvalue weighted by Gasteiger charge is -2.16. The van der Waals surface area contributed by atoms with Crippen LogP contribution in [0.4, 0.5) is 5.82 Å². The van der Waals surface area contributed by atoms with Gasteiger partial charge in [-0.3, -0.25) is 9.55 Å². The van der Waals surface area contributed by atoms with Crippen molar-refractivity contribution in [2.75, 3.05) is 11.5 Å². The zero-order valence-electron chi connectivity index (χ0n) is 17.6. The molecule has 0 spiro atoms. The number of anilines is 1. The number of nitrogens with two attached hydrogens (primary N) is 1. The summed E-state index contributed by atoms with van der Waals surface area (Å²) in [6.45, 7) is 0. The Labute approximate surface area is 193 Å². The smallest absolute Gasteiger partial charge is 0.167 e. The van der Waals surface area contributed by atoms with Gasteiger partial charge in [-0.25, -0.2) is 19.9 Å². The number of aliphatic hydroxyl groups excluding tert-OH is 2. The maximum absolute atomic E-state index is 10.7. The Balaban J connectivity index is 1.27. The summed E-state index contributed by atoms with van der Waals surface area (Å²) in [5.74, 6) is 0.639. The van der Waals surface area contributed by atoms with Crippen LogP contribution in [0.15, 0.2) is 60.4 Å². The first kappa shape index (κ1) is 21.7. The SMILES string of the molecule is Nc1ncnc2c1ncn2C1O[C@H](CSc2nccnc2CCc2ccccc2)[C@@H](O)[C@H]1O. The standard InChI is InChI=1S/C22H23N7O3S/c23-19-16-20(27-11-26-19)29(12-28-16)22-18(31)17(30)15(32-22)10-33-21-14(24-8-9-25-21)7-6-13-4-2-1-3-5-13/h1-5,8-9,11-12,15,17-18,22,30-31H,6-7,10H2,(H2,23,26,27)/t15-,17-,18-,22?/m1/s1. The number of aryl methyl sites for hydroxylation is 2. The molecular weight excluding hydrogens is 442 g/mol. The van der Waals surface area contributed by atoms with Crippen LogP contribution in [0, 0.1) is 0 Å². The van der Waals surface area contributed by atoms with E-state index in [-0.39, 0.29) is 5.82 Å². The van der Waals surface area contributed by atoms with Crippen molar-refractivity contribution in [2.24, 2.45) is 0 Å². The molecule has 0 aliphatic carbocycles. The van der Waals surface area contributed by atoms with Crippen LogP contribution in [0.3, 0.4) is 0 Å². The van der Waals surface area contributed by atoms with Crippen LogP contribution in [0.5, 0.6) is 0 Å². The Bertz CT molecular complexity index is 1240. The number of fused-ring (bicyclic) bond motifs is 1. The number of thioether (sulfide) groups is 1. The number of nitrogens with zero attached hydrogens (tertiary/aromatic N) is 6. The lowest BCUT2D eigenvalue weighted by molar-refractivity contribution is -0.0289. The first-order chi connectivity index (χ1) is 16.1. The third-order valence-corrected chi connectivity index (χ3v) is 6.72. The molecule has 1 fully saturated rings. The Morgan fingerprint density at radius 1 is 0.970 bits per heavy atom. The fourth-order valence-electron chi connectivity index (χ4n) is 3.87. The molecule has 1 aliphatic rings. The molecule has 0 bridgehead atoms. The summed E-state index contributed by atoms with van der Waals surface area (Å²) in [4.78, 5) is 21.3. The highest BCUT2D eigenvalue weighted by Crippen LogP contribution is 2.34. The van der Waals surface area contributed by atoms with E-state index in [0.29, 0.717) is 16.9 Å². The number of nitrogen functional groups attached to an aromatic ring is 1. The molecule has 10 nitrogen and oxygen atoms in total. The Kier molecular flexibility index (Phi) is 6.18. The normalized spacial score (nSPS) is 22.7. The second kappa shape index (κ2) is 9.40. The van der Waals surface area contributed by atoms with E-state index in [1.165, 1.54) is 30.0 Å². The summed E-state index contributed by atoms with van der Waals surface area (Å²) >= 11 is 1.45. The number of benzene rings is 1. The van der Waals surface area contributed by atoms with Gasteiger partial charge in [-0.15, -0.1) is 11.8 Å². The van der Waals surface area contributed by atoms with E-state index in [1.807, 2.05) is 18.2 Å². The zero-order chi connectivity index (χ0) is 22.8. The highest BCUT2D eigenvalue weighted by molar-refractivity contribution is 7.99. The van der Waals surface area contributed by atoms with Crippen molar-refractivity contribution in [3.05, 3.63) is 66.6 Å². The first-order valence-corrected chi connectivity index (χ1v) is 11.5. The third kappa shape index (κ3) is 4.40. The number of aromatic nitrogens is 6. The lowest BCUT2D eigenvalue weighted by atomic mass is 10.1. The van der Waals surface area contributed by atoms with E-state index in [2.05, 4.69) is 37.1 Å². The summed E-state index contributed by atoms with van der Waals surface area (Å²) in [5, 5.41) is 22.1. The number of hydrogen-bond acceptors (Lipinski definition) is 10. The van der Waals surface area contributed by atoms with Crippen LogP contribution >= 0.6 is 11.8 Å². The van der Waals surface area contributed by atoms with Crippen molar-refractivity contribution >= 4 is 28.7 Å². The van der Waals surface area contributed by atoms with Gasteiger partial charge < -0.3 is 20.7 Å². The van der Waals surface area contributed by atoms with E-state index >= 15 is 0 Å². The van der Waals surface area contributed by atoms with Gasteiger partial charge in [0.25, 0.3) is 0 Å². The molecule has 4 N–H and O–H groups in total. The monoisotopic (exact) mass is 465 g/mol. The third-order valence-electron chi connectivity index (χ3n) is 5.61. The number of aliphatic hydroxyl groups is 2. The van der Waals surface area contributed by atoms with Crippen molar-refractivity contribution in [1.29, 1.82) is 0 Å². The van der Waals surface area contributed by atoms with Gasteiger partial charge >= 0.3 is 0 Å². The molecule has 1 saturated heterocycles. The molecule has 4 aromatic rings. The van der Waals surface area contributed by atoms with Crippen molar-refractivity contribution in [2.45, 2.75) is 42.4 Å². The fraction of sp³-hybridized carbons (Fsp3) is 0.318. The van der Waals surface area contributed by atoms with Crippen LogP contribution in [0.25, 0.3) is 11.2 Å². The quantitative estimate of drug-likeness (QED) is 0.342. The van der Waals surface area contributed by atoms with E-state index < -0.39 is 24.5 Å². The van der Waals surface area contributed by atoms with Gasteiger partial charge in [0.2, 0.25) is 0 Å². The van der Waals surface area contributed by atoms with Gasteiger partial charge in [0.05, 0.1) is 18.1 Å². The molecule has 33 heavy (non-hydrogen) atoms. The molecule has 0 radical (unpaired) electrons. The molecule has 0 saturated carbocycles. The van der Waals surface area contributed by atoms with Crippen LogP contribution in [0.2, 0.25) is 0 Å². The largest absolute Gasteiger partial charge is 0.387 e. The highest BCUT2D eigenvalue weighted by Gasteiger charge is 2.44. The van der Waals surface area contributed by atoms with Gasteiger partial charge in [-0.2, -0.15) is 0 Å². The number of ether oxygens (including phenoxy) is 1. The molecule has 4 heterocycles. The molecule has 3 aromatic heterocycles. The molecule has 0 amide bonds. The number of hydrogen-bond donors (Lipinski definition) is 3. The molecule has 5 rings (SSSR count). The van der Waals surface area contributed by atoms with Crippen molar-refractivity contribution in [3.63, 3.8) is 0 Å². The lowest BCUT2D eigenvalue weighted by Crippen LogP contribution is -2.32. The Hall–Kier alpha value is -3.12. The number of rotatable bonds is 7. The van der Waals surface area contributed by atoms with Gasteiger partial charge in [0.1, 0.15) is 29.1 Å². The predicted octanol–water partition coefficient (Wildman–Crippen LogP) is 1.40. The average molecular weight is 466 g/mol. The van der Waals surface area contributed by atoms with Crippen molar-refractivity contribution < 1.29 is 14.9 Å². The molecule has 1 aromatic carbocycles. The van der Waals surface area contributed by atoms with E-state index in [1.54, 1.807) is 17.0 Å². The molecule has 1 aliphatic heterocycles. The zero-order valence-corrected chi connectivity index (χ0v) is 18.4. The van der Waals surface area contributed by atoms with Gasteiger partial charge in [-0.05, 0) is 18.4 Å². The minimum absolute atomic E-state index is 0.240. The van der Waals surface area contributed by atoms with Gasteiger partial charge in [0, 0.05) is 18.1 Å². The molecule has 1 unspecified atom stereocenters. The summed E-state index contributed by atoms with van der Waals surface area (Å²) in [6, 6.07) is 10.2. The summed E-state index contributed by atoms with van der Waals surface area (Å²) in [5.41, 5.74) is 8.83. The molecule has 11 heteroatoms. The minimum atomic E-state index is -1.15. The van der Waals surface area contributed by atoms with Crippen molar-refractivity contribution in [1.82, 2.24) is 29.5 Å². The maximum atomic E-state index is 10.7. The van der Waals surface area contributed by atoms with Crippen LogP contribution in [-0.2, 0) is 17.6 Å². The van der Waals surface area contributed by atoms with Crippen molar-refractivity contribution in [3.8, 4) is 0 Å². The Morgan fingerprint density at radius 2 is 1.79 bits per heavy atom. The summed E-state index contributed by atoms with van der Waals surface area (Å²) in [6.07, 6.45) is 4.06. The van der Waals surface area contributed by atoms with E-state index in [4.69, 9.17) is 10.5 Å². The average Bonchev–Trinajstić information content (AvgIpc) is 3.39. The fourth-order valence-corrected chi connectivity index (χ4v) is 4.92. The topological polar surface area (TPSA) is 145 Å². The first-order valence-electron chi connectivity index (χ1n) is 10.5. The minimum Gasteiger partial charge on any atom is -0.387 e. The van der Waals surface area contributed by atoms with E-state index in [9.17, 15) is 10.2 Å². The maximum Gasteiger partial charge on any atom is 0.167 e. The van der Waals surface area contributed by atoms with Gasteiger partial charge in [-0.1, -0.05) is 30.3 Å². The van der Waals surface area contributed by atoms with Crippen LogP contribution in [0.1, 0.15) is 17.5 Å². The van der Waals surface area contributed by atoms with E-state index in [0.717, 1.165) is 23.6 Å².